The van der Waals surface area contributed by atoms with Crippen LogP contribution in [0.5, 0.6) is 0 Å². The second kappa shape index (κ2) is 14.4. The Balaban J connectivity index is 0.00000578. The minimum absolute atomic E-state index is 0. The Labute approximate surface area is 200 Å². The van der Waals surface area contributed by atoms with Gasteiger partial charge in [0.05, 0.1) is 6.54 Å². The van der Waals surface area contributed by atoms with Gasteiger partial charge in [0.2, 0.25) is 5.91 Å². The minimum atomic E-state index is -1.04. The van der Waals surface area contributed by atoms with Gasteiger partial charge in [0.25, 0.3) is 11.8 Å². The molecule has 0 saturated heterocycles. The van der Waals surface area contributed by atoms with Crippen LogP contribution in [0.4, 0.5) is 5.69 Å². The van der Waals surface area contributed by atoms with E-state index in [-0.39, 0.29) is 19.9 Å². The Morgan fingerprint density at radius 1 is 1.03 bits per heavy atom. The molecule has 9 nitrogen and oxygen atoms in total. The second-order valence-corrected chi connectivity index (χ2v) is 7.43. The van der Waals surface area contributed by atoms with Crippen molar-refractivity contribution in [1.29, 1.82) is 0 Å². The van der Waals surface area contributed by atoms with Crippen molar-refractivity contribution in [2.24, 2.45) is 5.73 Å². The molecule has 0 unspecified atom stereocenters. The highest BCUT2D eigenvalue weighted by atomic mass is 16.5. The third kappa shape index (κ3) is 9.03. The van der Waals surface area contributed by atoms with Gasteiger partial charge >= 0.3 is 0 Å². The molecule has 0 radical (unpaired) electrons. The monoisotopic (exact) mass is 467 g/mol. The summed E-state index contributed by atoms with van der Waals surface area (Å²) >= 11 is 0. The summed E-state index contributed by atoms with van der Waals surface area (Å²) in [6, 6.07) is 12.7. The Kier molecular flexibility index (Phi) is 12.0. The number of carbonyl (C=O) groups is 3. The number of hydrogen-bond donors (Lipinski definition) is 5. The van der Waals surface area contributed by atoms with E-state index >= 15 is 0 Å². The van der Waals surface area contributed by atoms with Crippen LogP contribution in [0.15, 0.2) is 48.5 Å². The maximum Gasteiger partial charge on any atom is 0.267 e. The molecule has 34 heavy (non-hydrogen) atoms. The van der Waals surface area contributed by atoms with E-state index in [9.17, 15) is 14.4 Å². The largest absolute Gasteiger partial charge is 0.339 e. The maximum absolute atomic E-state index is 12.2. The number of hydroxylamine groups is 1. The van der Waals surface area contributed by atoms with Gasteiger partial charge < -0.3 is 16.4 Å². The summed E-state index contributed by atoms with van der Waals surface area (Å²) in [6.07, 6.45) is 0.991. The van der Waals surface area contributed by atoms with Gasteiger partial charge in [-0.25, -0.2) is 5.48 Å². The highest BCUT2D eigenvalue weighted by Gasteiger charge is 2.19. The van der Waals surface area contributed by atoms with E-state index in [1.807, 2.05) is 24.1 Å². The van der Waals surface area contributed by atoms with Gasteiger partial charge in [0.15, 0.2) is 0 Å². The van der Waals surface area contributed by atoms with Crippen molar-refractivity contribution in [2.45, 2.75) is 26.8 Å². The van der Waals surface area contributed by atoms with Crippen molar-refractivity contribution in [3.05, 3.63) is 65.2 Å². The van der Waals surface area contributed by atoms with Crippen LogP contribution >= 0.6 is 0 Å². The molecule has 182 valence electrons. The zero-order chi connectivity index (χ0) is 24.2. The lowest BCUT2D eigenvalue weighted by atomic mass is 10.1. The fourth-order valence-electron chi connectivity index (χ4n) is 2.94. The minimum Gasteiger partial charge on any atom is -0.339 e. The number of rotatable bonds is 9. The summed E-state index contributed by atoms with van der Waals surface area (Å²) in [5.74, 6) is 4.70. The smallest absolute Gasteiger partial charge is 0.267 e. The third-order valence-electron chi connectivity index (χ3n) is 4.65. The molecule has 0 aromatic heterocycles. The van der Waals surface area contributed by atoms with Crippen LogP contribution < -0.4 is 21.8 Å². The Morgan fingerprint density at radius 2 is 1.59 bits per heavy atom. The van der Waals surface area contributed by atoms with Crippen molar-refractivity contribution >= 4 is 23.4 Å². The molecule has 0 aliphatic rings. The molecule has 1 atom stereocenters. The van der Waals surface area contributed by atoms with Crippen molar-refractivity contribution < 1.29 is 19.6 Å². The van der Waals surface area contributed by atoms with Crippen molar-refractivity contribution in [2.75, 3.05) is 32.0 Å². The number of nitrogens with zero attached hydrogens (tertiary/aromatic N) is 1. The van der Waals surface area contributed by atoms with Crippen LogP contribution in [0.1, 0.15) is 42.3 Å². The number of anilines is 1. The van der Waals surface area contributed by atoms with Crippen molar-refractivity contribution in [3.8, 4) is 11.8 Å². The average Bonchev–Trinajstić information content (AvgIpc) is 2.81. The molecule has 0 bridgehead atoms. The number of carbonyl (C=O) groups excluding carboxylic acids is 3. The molecule has 2 aromatic carbocycles. The van der Waals surface area contributed by atoms with Gasteiger partial charge in [0.1, 0.15) is 6.04 Å². The van der Waals surface area contributed by atoms with Crippen LogP contribution in [-0.4, -0.2) is 60.6 Å². The number of nitrogens with two attached hydrogens (primary N) is 1. The third-order valence-corrected chi connectivity index (χ3v) is 4.65. The number of likely N-dealkylation sites (N-methyl/N-ethyl adjacent to an activating group) is 1. The number of nitrogens with one attached hydrogen (secondary N) is 3. The molecule has 3 amide bonds. The first-order chi connectivity index (χ1) is 15.9. The van der Waals surface area contributed by atoms with Gasteiger partial charge in [-0.05, 0) is 68.5 Å². The number of amides is 3. The molecule has 0 aliphatic carbocycles. The quantitative estimate of drug-likeness (QED) is 0.216. The summed E-state index contributed by atoms with van der Waals surface area (Å²) in [6.45, 7) is 3.12. The van der Waals surface area contributed by atoms with E-state index in [0.29, 0.717) is 23.4 Å². The summed E-state index contributed by atoms with van der Waals surface area (Å²) in [5, 5.41) is 14.0. The molecule has 2 rings (SSSR count). The molecule has 9 heteroatoms. The molecule has 0 saturated carbocycles. The number of benzene rings is 2. The highest BCUT2D eigenvalue weighted by Crippen LogP contribution is 2.10. The predicted octanol–water partition coefficient (Wildman–Crippen LogP) is 1.57. The molecule has 0 aliphatic heterocycles. The summed E-state index contributed by atoms with van der Waals surface area (Å²) < 4.78 is 0. The number of hydrogen-bond acceptors (Lipinski definition) is 6. The zero-order valence-corrected chi connectivity index (χ0v) is 18.7. The van der Waals surface area contributed by atoms with E-state index in [1.54, 1.807) is 36.4 Å². The lowest BCUT2D eigenvalue weighted by molar-refractivity contribution is -0.130. The normalized spacial score (nSPS) is 10.9. The van der Waals surface area contributed by atoms with Gasteiger partial charge in [0, 0.05) is 28.9 Å². The Hall–Kier alpha value is -3.71. The van der Waals surface area contributed by atoms with Crippen LogP contribution in [0.2, 0.25) is 0 Å². The van der Waals surface area contributed by atoms with Gasteiger partial charge in [-0.1, -0.05) is 26.2 Å². The first kappa shape index (κ1) is 28.3. The Bertz CT molecular complexity index is 1010. The summed E-state index contributed by atoms with van der Waals surface area (Å²) in [4.78, 5) is 37.7. The van der Waals surface area contributed by atoms with Crippen LogP contribution in [-0.2, 0) is 9.59 Å². The second-order valence-electron chi connectivity index (χ2n) is 7.43. The van der Waals surface area contributed by atoms with Gasteiger partial charge in [-0.3, -0.25) is 24.5 Å². The topological polar surface area (TPSA) is 137 Å². The maximum atomic E-state index is 12.2. The van der Waals surface area contributed by atoms with E-state index in [0.717, 1.165) is 18.5 Å². The zero-order valence-electron chi connectivity index (χ0n) is 18.7. The SMILES string of the molecule is C.CCCN(C)CC(=O)Nc1ccc(C#Cc2ccc(C(=O)N[C@@H](CN)C(=O)NO)cc2)cc1. The Morgan fingerprint density at radius 3 is 2.09 bits per heavy atom. The summed E-state index contributed by atoms with van der Waals surface area (Å²) in [7, 11) is 1.91. The van der Waals surface area contributed by atoms with Crippen LogP contribution in [0, 0.1) is 11.8 Å². The molecule has 0 heterocycles. The van der Waals surface area contributed by atoms with Crippen molar-refractivity contribution in [1.82, 2.24) is 15.7 Å². The average molecular weight is 468 g/mol. The van der Waals surface area contributed by atoms with Gasteiger partial charge in [-0.2, -0.15) is 0 Å². The van der Waals surface area contributed by atoms with Crippen molar-refractivity contribution in [3.63, 3.8) is 0 Å². The van der Waals surface area contributed by atoms with Crippen LogP contribution in [0.25, 0.3) is 0 Å². The van der Waals surface area contributed by atoms with Crippen LogP contribution in [0.3, 0.4) is 0 Å². The molecule has 2 aromatic rings. The first-order valence-electron chi connectivity index (χ1n) is 10.5. The standard InChI is InChI=1S/C24H29N5O4.CH4/c1-3-14-29(2)16-22(30)26-20-12-8-18(9-13-20)5-4-17-6-10-19(11-7-17)23(31)27-21(15-25)24(32)28-33;/h6-13,21,33H,3,14-16,25H2,1-2H3,(H,26,30)(H,27,31)(H,28,32);1H4/t21-;/m0./s1. The molecular formula is C25H33N5O4. The lowest BCUT2D eigenvalue weighted by Gasteiger charge is -2.14. The lowest BCUT2D eigenvalue weighted by Crippen LogP contribution is -2.50. The molecule has 0 spiro atoms. The fourth-order valence-corrected chi connectivity index (χ4v) is 2.94. The van der Waals surface area contributed by atoms with E-state index < -0.39 is 17.9 Å². The molecule has 0 fully saturated rings. The van der Waals surface area contributed by atoms with Gasteiger partial charge in [-0.15, -0.1) is 0 Å². The fraction of sp³-hybridized carbons (Fsp3) is 0.320. The first-order valence-corrected chi connectivity index (χ1v) is 10.5. The van der Waals surface area contributed by atoms with E-state index in [4.69, 9.17) is 10.9 Å². The van der Waals surface area contributed by atoms with E-state index in [2.05, 4.69) is 29.4 Å². The van der Waals surface area contributed by atoms with E-state index in [1.165, 1.54) is 5.48 Å². The molecular weight excluding hydrogens is 434 g/mol. The molecule has 6 N–H and O–H groups in total. The predicted molar refractivity (Wildman–Crippen MR) is 132 cm³/mol. The highest BCUT2D eigenvalue weighted by molar-refractivity contribution is 5.97. The summed E-state index contributed by atoms with van der Waals surface area (Å²) in [5.41, 5.74) is 9.40.